The van der Waals surface area contributed by atoms with Gasteiger partial charge in [-0.2, -0.15) is 5.26 Å². The second kappa shape index (κ2) is 6.02. The van der Waals surface area contributed by atoms with Crippen LogP contribution >= 0.6 is 0 Å². The number of nitrogens with two attached hydrogens (primary N) is 1. The first-order chi connectivity index (χ1) is 7.63. The second-order valence-corrected chi connectivity index (χ2v) is 4.38. The molecule has 3 nitrogen and oxygen atoms in total. The molecule has 0 atom stereocenters. The molecule has 0 aliphatic carbocycles. The van der Waals surface area contributed by atoms with Crippen LogP contribution in [0.15, 0.2) is 18.2 Å². The van der Waals surface area contributed by atoms with E-state index in [9.17, 15) is 0 Å². The fourth-order valence-corrected chi connectivity index (χ4v) is 1.52. The molecule has 3 heteroatoms. The Kier molecular flexibility index (Phi) is 4.65. The number of rotatable bonds is 5. The van der Waals surface area contributed by atoms with Crippen LogP contribution in [0.25, 0.3) is 0 Å². The maximum atomic E-state index is 8.73. The Morgan fingerprint density at radius 1 is 1.44 bits per heavy atom. The van der Waals surface area contributed by atoms with E-state index in [0.29, 0.717) is 11.3 Å². The lowest BCUT2D eigenvalue weighted by molar-refractivity contribution is 0.567. The van der Waals surface area contributed by atoms with Crippen molar-refractivity contribution in [3.63, 3.8) is 0 Å². The third-order valence-electron chi connectivity index (χ3n) is 2.46. The molecule has 0 aliphatic heterocycles. The molecule has 86 valence electrons. The van der Waals surface area contributed by atoms with E-state index in [0.717, 1.165) is 24.6 Å². The number of nitrogens with one attached hydrogen (secondary N) is 1. The monoisotopic (exact) mass is 217 g/mol. The van der Waals surface area contributed by atoms with Gasteiger partial charge in [0.05, 0.1) is 11.3 Å². The molecule has 1 rings (SSSR count). The van der Waals surface area contributed by atoms with Crippen molar-refractivity contribution in [3.05, 3.63) is 23.8 Å². The molecule has 1 aromatic rings. The lowest BCUT2D eigenvalue weighted by Gasteiger charge is -2.08. The SMILES string of the molecule is CC(C)CCCNc1ccc(C#N)c(N)c1. The van der Waals surface area contributed by atoms with Crippen LogP contribution in [0.2, 0.25) is 0 Å². The van der Waals surface area contributed by atoms with E-state index in [1.54, 1.807) is 6.07 Å². The van der Waals surface area contributed by atoms with Gasteiger partial charge in [-0.15, -0.1) is 0 Å². The van der Waals surface area contributed by atoms with Gasteiger partial charge in [0.25, 0.3) is 0 Å². The van der Waals surface area contributed by atoms with Crippen molar-refractivity contribution in [2.24, 2.45) is 5.92 Å². The topological polar surface area (TPSA) is 61.8 Å². The van der Waals surface area contributed by atoms with Gasteiger partial charge in [-0.25, -0.2) is 0 Å². The van der Waals surface area contributed by atoms with E-state index in [2.05, 4.69) is 25.2 Å². The Bertz CT molecular complexity index is 377. The molecule has 0 spiro atoms. The van der Waals surface area contributed by atoms with Gasteiger partial charge in [0.15, 0.2) is 0 Å². The molecule has 0 bridgehead atoms. The van der Waals surface area contributed by atoms with Gasteiger partial charge >= 0.3 is 0 Å². The van der Waals surface area contributed by atoms with Crippen LogP contribution in [0.3, 0.4) is 0 Å². The van der Waals surface area contributed by atoms with Crippen molar-refractivity contribution in [2.75, 3.05) is 17.6 Å². The quantitative estimate of drug-likeness (QED) is 0.588. The van der Waals surface area contributed by atoms with E-state index >= 15 is 0 Å². The maximum Gasteiger partial charge on any atom is 0.101 e. The molecular weight excluding hydrogens is 198 g/mol. The predicted molar refractivity (Wildman–Crippen MR) is 68.1 cm³/mol. The third kappa shape index (κ3) is 3.82. The summed E-state index contributed by atoms with van der Waals surface area (Å²) in [5.74, 6) is 0.743. The molecule has 0 fully saturated rings. The van der Waals surface area contributed by atoms with Gasteiger partial charge in [-0.05, 0) is 37.0 Å². The van der Waals surface area contributed by atoms with Crippen LogP contribution in [-0.4, -0.2) is 6.54 Å². The van der Waals surface area contributed by atoms with Gasteiger partial charge in [0.1, 0.15) is 6.07 Å². The van der Waals surface area contributed by atoms with Crippen LogP contribution in [0, 0.1) is 17.2 Å². The van der Waals surface area contributed by atoms with E-state index in [1.165, 1.54) is 6.42 Å². The summed E-state index contributed by atoms with van der Waals surface area (Å²) in [5.41, 5.74) is 7.78. The standard InChI is InChI=1S/C13H19N3/c1-10(2)4-3-7-16-12-6-5-11(9-14)13(15)8-12/h5-6,8,10,16H,3-4,7,15H2,1-2H3. The van der Waals surface area contributed by atoms with Gasteiger partial charge in [-0.3, -0.25) is 0 Å². The van der Waals surface area contributed by atoms with Gasteiger partial charge in [0, 0.05) is 12.2 Å². The summed E-state index contributed by atoms with van der Waals surface area (Å²) in [6.07, 6.45) is 2.37. The minimum absolute atomic E-state index is 0.535. The summed E-state index contributed by atoms with van der Waals surface area (Å²) in [5, 5.41) is 12.0. The number of nitriles is 1. The van der Waals surface area contributed by atoms with Crippen LogP contribution in [0.5, 0.6) is 0 Å². The summed E-state index contributed by atoms with van der Waals surface area (Å²) in [6.45, 7) is 5.39. The highest BCUT2D eigenvalue weighted by Gasteiger charge is 1.99. The first kappa shape index (κ1) is 12.4. The van der Waals surface area contributed by atoms with Gasteiger partial charge in [0.2, 0.25) is 0 Å². The van der Waals surface area contributed by atoms with Crippen molar-refractivity contribution < 1.29 is 0 Å². The van der Waals surface area contributed by atoms with Crippen molar-refractivity contribution in [1.29, 1.82) is 5.26 Å². The van der Waals surface area contributed by atoms with Crippen LogP contribution in [-0.2, 0) is 0 Å². The van der Waals surface area contributed by atoms with Crippen molar-refractivity contribution in [1.82, 2.24) is 0 Å². The van der Waals surface area contributed by atoms with Gasteiger partial charge < -0.3 is 11.1 Å². The minimum atomic E-state index is 0.535. The zero-order valence-electron chi connectivity index (χ0n) is 9.96. The molecule has 1 aromatic carbocycles. The number of nitrogen functional groups attached to an aromatic ring is 1. The molecule has 0 unspecified atom stereocenters. The lowest BCUT2D eigenvalue weighted by Crippen LogP contribution is -2.03. The largest absolute Gasteiger partial charge is 0.398 e. The average molecular weight is 217 g/mol. The van der Waals surface area contributed by atoms with E-state index < -0.39 is 0 Å². The summed E-state index contributed by atoms with van der Waals surface area (Å²) in [4.78, 5) is 0. The molecule has 0 radical (unpaired) electrons. The molecular formula is C13H19N3. The number of hydrogen-bond acceptors (Lipinski definition) is 3. The maximum absolute atomic E-state index is 8.73. The fourth-order valence-electron chi connectivity index (χ4n) is 1.52. The van der Waals surface area contributed by atoms with E-state index in [-0.39, 0.29) is 0 Å². The molecule has 0 aliphatic rings. The Hall–Kier alpha value is -1.69. The number of anilines is 2. The number of benzene rings is 1. The summed E-state index contributed by atoms with van der Waals surface area (Å²) in [6, 6.07) is 7.51. The third-order valence-corrected chi connectivity index (χ3v) is 2.46. The normalized spacial score (nSPS) is 10.1. The predicted octanol–water partition coefficient (Wildman–Crippen LogP) is 2.99. The molecule has 0 aromatic heterocycles. The van der Waals surface area contributed by atoms with Crippen molar-refractivity contribution in [3.8, 4) is 6.07 Å². The Balaban J connectivity index is 2.44. The first-order valence-corrected chi connectivity index (χ1v) is 5.67. The van der Waals surface area contributed by atoms with Crippen LogP contribution in [0.4, 0.5) is 11.4 Å². The van der Waals surface area contributed by atoms with Crippen LogP contribution < -0.4 is 11.1 Å². The summed E-state index contributed by atoms with van der Waals surface area (Å²) in [7, 11) is 0. The Labute approximate surface area is 97.3 Å². The molecule has 0 saturated heterocycles. The highest BCUT2D eigenvalue weighted by atomic mass is 14.9. The molecule has 16 heavy (non-hydrogen) atoms. The smallest absolute Gasteiger partial charge is 0.101 e. The zero-order valence-corrected chi connectivity index (χ0v) is 9.96. The highest BCUT2D eigenvalue weighted by Crippen LogP contribution is 2.17. The van der Waals surface area contributed by atoms with Crippen LogP contribution in [0.1, 0.15) is 32.3 Å². The first-order valence-electron chi connectivity index (χ1n) is 5.67. The lowest BCUT2D eigenvalue weighted by atomic mass is 10.1. The molecule has 3 N–H and O–H groups in total. The average Bonchev–Trinajstić information content (AvgIpc) is 2.24. The van der Waals surface area contributed by atoms with Crippen molar-refractivity contribution >= 4 is 11.4 Å². The van der Waals surface area contributed by atoms with E-state index in [1.807, 2.05) is 12.1 Å². The molecule has 0 heterocycles. The Morgan fingerprint density at radius 3 is 2.75 bits per heavy atom. The minimum Gasteiger partial charge on any atom is -0.398 e. The second-order valence-electron chi connectivity index (χ2n) is 4.38. The van der Waals surface area contributed by atoms with Gasteiger partial charge in [-0.1, -0.05) is 13.8 Å². The highest BCUT2D eigenvalue weighted by molar-refractivity contribution is 5.62. The number of hydrogen-bond donors (Lipinski definition) is 2. The van der Waals surface area contributed by atoms with Crippen molar-refractivity contribution in [2.45, 2.75) is 26.7 Å². The number of nitrogens with zero attached hydrogens (tertiary/aromatic N) is 1. The fraction of sp³-hybridized carbons (Fsp3) is 0.462. The molecule has 0 saturated carbocycles. The zero-order chi connectivity index (χ0) is 12.0. The molecule has 0 amide bonds. The summed E-state index contributed by atoms with van der Waals surface area (Å²) >= 11 is 0. The Morgan fingerprint density at radius 2 is 2.19 bits per heavy atom. The summed E-state index contributed by atoms with van der Waals surface area (Å²) < 4.78 is 0. The van der Waals surface area contributed by atoms with E-state index in [4.69, 9.17) is 11.0 Å².